The summed E-state index contributed by atoms with van der Waals surface area (Å²) >= 11 is 0. The van der Waals surface area contributed by atoms with E-state index in [0.717, 1.165) is 4.31 Å². The average Bonchev–Trinajstić information content (AvgIpc) is 2.43. The third kappa shape index (κ3) is 4.83. The van der Waals surface area contributed by atoms with Gasteiger partial charge in [0.25, 0.3) is 0 Å². The Morgan fingerprint density at radius 3 is 2.36 bits per heavy atom. The first-order valence-electron chi connectivity index (χ1n) is 6.24. The van der Waals surface area contributed by atoms with Crippen molar-refractivity contribution in [3.63, 3.8) is 0 Å². The fourth-order valence-electron chi connectivity index (χ4n) is 1.67. The number of carbonyl (C=O) groups excluding carboxylic acids is 1. The standard InChI is InChI=1S/C13H15N3O5S/c1-10(17)15-11-3-5-12(6-4-11)22(20,21)16(8-2-7-14)9-13(18)19/h3-6H,2,8-9H2,1H3,(H,15,17)(H,18,19). The predicted octanol–water partition coefficient (Wildman–Crippen LogP) is 0.634. The fraction of sp³-hybridized carbons (Fsp3) is 0.308. The highest BCUT2D eigenvalue weighted by atomic mass is 32.2. The molecule has 0 saturated heterocycles. The zero-order valence-corrected chi connectivity index (χ0v) is 12.6. The van der Waals surface area contributed by atoms with Crippen LogP contribution in [-0.4, -0.2) is 42.8 Å². The minimum Gasteiger partial charge on any atom is -0.480 e. The van der Waals surface area contributed by atoms with Crippen molar-refractivity contribution in [1.82, 2.24) is 4.31 Å². The minimum absolute atomic E-state index is 0.110. The van der Waals surface area contributed by atoms with E-state index in [0.29, 0.717) is 5.69 Å². The second kappa shape index (κ2) is 7.53. The number of aliphatic carboxylic acids is 1. The molecule has 1 aromatic carbocycles. The second-order valence-electron chi connectivity index (χ2n) is 4.35. The van der Waals surface area contributed by atoms with E-state index in [9.17, 15) is 18.0 Å². The number of amides is 1. The van der Waals surface area contributed by atoms with Gasteiger partial charge in [-0.25, -0.2) is 8.42 Å². The first-order valence-corrected chi connectivity index (χ1v) is 7.68. The van der Waals surface area contributed by atoms with Crippen LogP contribution < -0.4 is 5.32 Å². The van der Waals surface area contributed by atoms with Crippen LogP contribution in [0.5, 0.6) is 0 Å². The molecule has 1 aromatic rings. The number of nitrogens with one attached hydrogen (secondary N) is 1. The molecule has 0 unspecified atom stereocenters. The number of nitrogens with zero attached hydrogens (tertiary/aromatic N) is 2. The van der Waals surface area contributed by atoms with Gasteiger partial charge in [0.2, 0.25) is 15.9 Å². The zero-order chi connectivity index (χ0) is 16.8. The van der Waals surface area contributed by atoms with Crippen molar-refractivity contribution in [1.29, 1.82) is 5.26 Å². The monoisotopic (exact) mass is 325 g/mol. The van der Waals surface area contributed by atoms with E-state index >= 15 is 0 Å². The largest absolute Gasteiger partial charge is 0.480 e. The molecule has 8 nitrogen and oxygen atoms in total. The van der Waals surface area contributed by atoms with Gasteiger partial charge in [0.1, 0.15) is 6.54 Å². The molecular weight excluding hydrogens is 310 g/mol. The first-order chi connectivity index (χ1) is 10.3. The van der Waals surface area contributed by atoms with Crippen molar-refractivity contribution < 1.29 is 23.1 Å². The van der Waals surface area contributed by atoms with Gasteiger partial charge < -0.3 is 10.4 Å². The summed E-state index contributed by atoms with van der Waals surface area (Å²) in [4.78, 5) is 21.6. The predicted molar refractivity (Wildman–Crippen MR) is 77.4 cm³/mol. The summed E-state index contributed by atoms with van der Waals surface area (Å²) in [5.41, 5.74) is 0.424. The van der Waals surface area contributed by atoms with Crippen molar-refractivity contribution in [2.45, 2.75) is 18.2 Å². The number of benzene rings is 1. The smallest absolute Gasteiger partial charge is 0.318 e. The number of nitriles is 1. The van der Waals surface area contributed by atoms with Crippen LogP contribution in [0.3, 0.4) is 0 Å². The van der Waals surface area contributed by atoms with Gasteiger partial charge in [0.05, 0.1) is 11.0 Å². The molecule has 0 spiro atoms. The number of hydrogen-bond acceptors (Lipinski definition) is 5. The Balaban J connectivity index is 3.05. The molecule has 1 rings (SSSR count). The molecule has 0 bridgehead atoms. The van der Waals surface area contributed by atoms with Crippen molar-refractivity contribution in [3.8, 4) is 6.07 Å². The molecule has 118 valence electrons. The van der Waals surface area contributed by atoms with Gasteiger partial charge in [-0.3, -0.25) is 9.59 Å². The number of anilines is 1. The Labute approximate surface area is 128 Å². The lowest BCUT2D eigenvalue weighted by atomic mass is 10.3. The molecule has 0 aliphatic heterocycles. The van der Waals surface area contributed by atoms with Gasteiger partial charge in [0.15, 0.2) is 0 Å². The van der Waals surface area contributed by atoms with E-state index in [1.807, 2.05) is 0 Å². The number of hydrogen-bond donors (Lipinski definition) is 2. The molecule has 0 aliphatic rings. The van der Waals surface area contributed by atoms with E-state index in [4.69, 9.17) is 10.4 Å². The molecular formula is C13H15N3O5S. The molecule has 0 radical (unpaired) electrons. The van der Waals surface area contributed by atoms with Crippen LogP contribution in [0.2, 0.25) is 0 Å². The molecule has 0 saturated carbocycles. The molecule has 9 heteroatoms. The number of sulfonamides is 1. The summed E-state index contributed by atoms with van der Waals surface area (Å²) in [5, 5.41) is 19.8. The van der Waals surface area contributed by atoms with Gasteiger partial charge in [-0.15, -0.1) is 0 Å². The lowest BCUT2D eigenvalue weighted by Crippen LogP contribution is -2.36. The third-order valence-corrected chi connectivity index (χ3v) is 4.46. The highest BCUT2D eigenvalue weighted by molar-refractivity contribution is 7.89. The highest BCUT2D eigenvalue weighted by Crippen LogP contribution is 2.18. The Hall–Kier alpha value is -2.44. The van der Waals surface area contributed by atoms with Gasteiger partial charge in [-0.05, 0) is 24.3 Å². The summed E-state index contributed by atoms with van der Waals surface area (Å²) in [6.45, 7) is 0.386. The van der Waals surface area contributed by atoms with Crippen LogP contribution >= 0.6 is 0 Å². The molecule has 0 aromatic heterocycles. The van der Waals surface area contributed by atoms with E-state index in [1.54, 1.807) is 6.07 Å². The van der Waals surface area contributed by atoms with E-state index in [2.05, 4.69) is 5.32 Å². The lowest BCUT2D eigenvalue weighted by Gasteiger charge is -2.19. The summed E-state index contributed by atoms with van der Waals surface area (Å²) in [6, 6.07) is 7.11. The zero-order valence-electron chi connectivity index (χ0n) is 11.8. The summed E-state index contributed by atoms with van der Waals surface area (Å²) in [5.74, 6) is -1.60. The first kappa shape index (κ1) is 17.6. The molecule has 0 fully saturated rings. The maximum atomic E-state index is 12.4. The van der Waals surface area contributed by atoms with Crippen molar-refractivity contribution in [2.75, 3.05) is 18.4 Å². The van der Waals surface area contributed by atoms with Gasteiger partial charge in [0, 0.05) is 25.6 Å². The normalized spacial score (nSPS) is 11.0. The van der Waals surface area contributed by atoms with Gasteiger partial charge in [-0.2, -0.15) is 9.57 Å². The van der Waals surface area contributed by atoms with Crippen molar-refractivity contribution in [2.24, 2.45) is 0 Å². The van der Waals surface area contributed by atoms with Crippen LogP contribution in [0.1, 0.15) is 13.3 Å². The molecule has 0 atom stereocenters. The summed E-state index contributed by atoms with van der Waals surface area (Å²) < 4.78 is 25.5. The van der Waals surface area contributed by atoms with Crippen molar-refractivity contribution >= 4 is 27.6 Å². The third-order valence-electron chi connectivity index (χ3n) is 2.60. The number of rotatable bonds is 7. The summed E-state index contributed by atoms with van der Waals surface area (Å²) in [7, 11) is -4.02. The SMILES string of the molecule is CC(=O)Nc1ccc(S(=O)(=O)N(CCC#N)CC(=O)O)cc1. The maximum Gasteiger partial charge on any atom is 0.318 e. The molecule has 1 amide bonds. The molecule has 0 aliphatic carbocycles. The van der Waals surface area contributed by atoms with E-state index in [1.165, 1.54) is 31.2 Å². The molecule has 0 heterocycles. The lowest BCUT2D eigenvalue weighted by molar-refractivity contribution is -0.137. The topological polar surface area (TPSA) is 128 Å². The average molecular weight is 325 g/mol. The summed E-state index contributed by atoms with van der Waals surface area (Å²) in [6.07, 6.45) is -0.115. The van der Waals surface area contributed by atoms with Gasteiger partial charge >= 0.3 is 5.97 Å². The Bertz CT molecular complexity index is 691. The molecule has 2 N–H and O–H groups in total. The van der Waals surface area contributed by atoms with E-state index in [-0.39, 0.29) is 23.8 Å². The minimum atomic E-state index is -4.02. The van der Waals surface area contributed by atoms with E-state index < -0.39 is 22.5 Å². The second-order valence-corrected chi connectivity index (χ2v) is 6.28. The van der Waals surface area contributed by atoms with Crippen LogP contribution in [0.25, 0.3) is 0 Å². The Morgan fingerprint density at radius 2 is 1.91 bits per heavy atom. The number of carboxylic acids is 1. The van der Waals surface area contributed by atoms with Crippen LogP contribution in [0.15, 0.2) is 29.2 Å². The van der Waals surface area contributed by atoms with Gasteiger partial charge in [-0.1, -0.05) is 0 Å². The number of carbonyl (C=O) groups is 2. The van der Waals surface area contributed by atoms with Crippen molar-refractivity contribution in [3.05, 3.63) is 24.3 Å². The quantitative estimate of drug-likeness (QED) is 0.757. The number of carboxylic acid groups (broad SMARTS) is 1. The van der Waals surface area contributed by atoms with Crippen LogP contribution in [0, 0.1) is 11.3 Å². The van der Waals surface area contributed by atoms with Crippen LogP contribution in [-0.2, 0) is 19.6 Å². The van der Waals surface area contributed by atoms with Crippen LogP contribution in [0.4, 0.5) is 5.69 Å². The molecule has 22 heavy (non-hydrogen) atoms. The Morgan fingerprint density at radius 1 is 1.32 bits per heavy atom. The Kier molecular flexibility index (Phi) is 6.03. The fourth-order valence-corrected chi connectivity index (χ4v) is 3.06. The maximum absolute atomic E-state index is 12.4. The highest BCUT2D eigenvalue weighted by Gasteiger charge is 2.26.